The first-order valence-corrected chi connectivity index (χ1v) is 6.59. The van der Waals surface area contributed by atoms with E-state index < -0.39 is 0 Å². The van der Waals surface area contributed by atoms with Gasteiger partial charge in [-0.15, -0.1) is 0 Å². The Labute approximate surface area is 107 Å². The number of benzene rings is 1. The van der Waals surface area contributed by atoms with Gasteiger partial charge in [-0.2, -0.15) is 4.98 Å². The van der Waals surface area contributed by atoms with Crippen molar-refractivity contribution in [3.8, 4) is 0 Å². The van der Waals surface area contributed by atoms with E-state index in [4.69, 9.17) is 5.73 Å². The van der Waals surface area contributed by atoms with Crippen molar-refractivity contribution >= 4 is 22.7 Å². The standard InChI is InChI=1S/C14H18N4/c15-14-17-12-8-4-3-7-11(12)13(18-14)16-9-10-5-1-2-6-10/h3-4,7-8,10H,1-2,5-6,9H2,(H3,15,16,17,18). The van der Waals surface area contributed by atoms with Crippen molar-refractivity contribution in [2.24, 2.45) is 5.92 Å². The quantitative estimate of drug-likeness (QED) is 0.868. The van der Waals surface area contributed by atoms with Gasteiger partial charge in [0.15, 0.2) is 0 Å². The highest BCUT2D eigenvalue weighted by Gasteiger charge is 2.15. The molecule has 0 unspecified atom stereocenters. The van der Waals surface area contributed by atoms with Crippen LogP contribution in [0.4, 0.5) is 11.8 Å². The van der Waals surface area contributed by atoms with Gasteiger partial charge in [0, 0.05) is 11.9 Å². The van der Waals surface area contributed by atoms with E-state index in [0.29, 0.717) is 5.95 Å². The Morgan fingerprint density at radius 3 is 2.78 bits per heavy atom. The molecule has 3 N–H and O–H groups in total. The highest BCUT2D eigenvalue weighted by atomic mass is 15.1. The zero-order valence-electron chi connectivity index (χ0n) is 10.4. The fourth-order valence-corrected chi connectivity index (χ4v) is 2.68. The molecule has 1 fully saturated rings. The first-order chi connectivity index (χ1) is 8.83. The van der Waals surface area contributed by atoms with Gasteiger partial charge in [0.25, 0.3) is 0 Å². The fourth-order valence-electron chi connectivity index (χ4n) is 2.68. The lowest BCUT2D eigenvalue weighted by molar-refractivity contribution is 0.579. The van der Waals surface area contributed by atoms with Crippen LogP contribution in [-0.2, 0) is 0 Å². The van der Waals surface area contributed by atoms with Crippen LogP contribution in [0, 0.1) is 5.92 Å². The second-order valence-corrected chi connectivity index (χ2v) is 4.98. The van der Waals surface area contributed by atoms with Crippen LogP contribution in [0.3, 0.4) is 0 Å². The molecule has 0 radical (unpaired) electrons. The number of hydrogen-bond donors (Lipinski definition) is 2. The summed E-state index contributed by atoms with van der Waals surface area (Å²) in [6.45, 7) is 0.987. The number of nitrogens with one attached hydrogen (secondary N) is 1. The lowest BCUT2D eigenvalue weighted by atomic mass is 10.1. The van der Waals surface area contributed by atoms with Gasteiger partial charge >= 0.3 is 0 Å². The molecule has 1 heterocycles. The van der Waals surface area contributed by atoms with Crippen LogP contribution < -0.4 is 11.1 Å². The largest absolute Gasteiger partial charge is 0.369 e. The van der Waals surface area contributed by atoms with Gasteiger partial charge in [0.1, 0.15) is 5.82 Å². The number of hydrogen-bond acceptors (Lipinski definition) is 4. The summed E-state index contributed by atoms with van der Waals surface area (Å²) < 4.78 is 0. The number of nitrogens with zero attached hydrogens (tertiary/aromatic N) is 2. The van der Waals surface area contributed by atoms with Crippen molar-refractivity contribution in [3.05, 3.63) is 24.3 Å². The Balaban J connectivity index is 1.85. The Kier molecular flexibility index (Phi) is 3.00. The molecule has 1 saturated carbocycles. The van der Waals surface area contributed by atoms with E-state index in [1.807, 2.05) is 24.3 Å². The van der Waals surface area contributed by atoms with Crippen LogP contribution in [-0.4, -0.2) is 16.5 Å². The maximum Gasteiger partial charge on any atom is 0.222 e. The van der Waals surface area contributed by atoms with Crippen molar-refractivity contribution < 1.29 is 0 Å². The molecule has 0 aliphatic heterocycles. The molecule has 94 valence electrons. The summed E-state index contributed by atoms with van der Waals surface area (Å²) in [5.41, 5.74) is 6.65. The minimum Gasteiger partial charge on any atom is -0.369 e. The van der Waals surface area contributed by atoms with Crippen molar-refractivity contribution in [2.75, 3.05) is 17.6 Å². The first kappa shape index (κ1) is 11.3. The molecule has 4 nitrogen and oxygen atoms in total. The number of para-hydroxylation sites is 1. The maximum atomic E-state index is 5.75. The van der Waals surface area contributed by atoms with Crippen LogP contribution in [0.25, 0.3) is 10.9 Å². The summed E-state index contributed by atoms with van der Waals surface area (Å²) in [6.07, 6.45) is 5.37. The Morgan fingerprint density at radius 1 is 1.17 bits per heavy atom. The molecule has 1 aromatic heterocycles. The molecule has 0 amide bonds. The topological polar surface area (TPSA) is 63.8 Å². The lowest BCUT2D eigenvalue weighted by Gasteiger charge is -2.13. The smallest absolute Gasteiger partial charge is 0.222 e. The Hall–Kier alpha value is -1.84. The zero-order chi connectivity index (χ0) is 12.4. The van der Waals surface area contributed by atoms with Gasteiger partial charge in [-0.1, -0.05) is 25.0 Å². The Bertz CT molecular complexity index is 546. The van der Waals surface area contributed by atoms with Crippen LogP contribution >= 0.6 is 0 Å². The van der Waals surface area contributed by atoms with E-state index in [0.717, 1.165) is 29.2 Å². The molecule has 0 saturated heterocycles. The molecule has 1 aromatic carbocycles. The van der Waals surface area contributed by atoms with E-state index in [-0.39, 0.29) is 0 Å². The van der Waals surface area contributed by atoms with Crippen LogP contribution in [0.1, 0.15) is 25.7 Å². The predicted octanol–water partition coefficient (Wildman–Crippen LogP) is 2.81. The zero-order valence-corrected chi connectivity index (χ0v) is 10.4. The minimum atomic E-state index is 0.336. The van der Waals surface area contributed by atoms with Gasteiger partial charge in [-0.3, -0.25) is 0 Å². The van der Waals surface area contributed by atoms with E-state index in [9.17, 15) is 0 Å². The number of nitrogen functional groups attached to an aromatic ring is 1. The van der Waals surface area contributed by atoms with Gasteiger partial charge in [0.2, 0.25) is 5.95 Å². The number of aromatic nitrogens is 2. The van der Waals surface area contributed by atoms with Crippen LogP contribution in [0.15, 0.2) is 24.3 Å². The number of fused-ring (bicyclic) bond motifs is 1. The van der Waals surface area contributed by atoms with Crippen molar-refractivity contribution in [1.29, 1.82) is 0 Å². The van der Waals surface area contributed by atoms with Gasteiger partial charge in [0.05, 0.1) is 5.52 Å². The second-order valence-electron chi connectivity index (χ2n) is 4.98. The normalized spacial score (nSPS) is 16.2. The summed E-state index contributed by atoms with van der Waals surface area (Å²) in [6, 6.07) is 7.97. The third-order valence-electron chi connectivity index (χ3n) is 3.65. The summed E-state index contributed by atoms with van der Waals surface area (Å²) in [4.78, 5) is 8.56. The molecule has 0 atom stereocenters. The van der Waals surface area contributed by atoms with Crippen molar-refractivity contribution in [2.45, 2.75) is 25.7 Å². The number of anilines is 2. The summed E-state index contributed by atoms with van der Waals surface area (Å²) in [5, 5.41) is 4.49. The molecule has 3 rings (SSSR count). The SMILES string of the molecule is Nc1nc(NCC2CCCC2)c2ccccc2n1. The van der Waals surface area contributed by atoms with E-state index in [1.54, 1.807) is 0 Å². The highest BCUT2D eigenvalue weighted by Crippen LogP contribution is 2.26. The summed E-state index contributed by atoms with van der Waals surface area (Å²) >= 11 is 0. The van der Waals surface area contributed by atoms with Gasteiger partial charge < -0.3 is 11.1 Å². The minimum absolute atomic E-state index is 0.336. The van der Waals surface area contributed by atoms with E-state index in [1.165, 1.54) is 25.7 Å². The lowest BCUT2D eigenvalue weighted by Crippen LogP contribution is -2.13. The molecular weight excluding hydrogens is 224 g/mol. The van der Waals surface area contributed by atoms with Gasteiger partial charge in [-0.05, 0) is 30.9 Å². The third kappa shape index (κ3) is 2.23. The first-order valence-electron chi connectivity index (χ1n) is 6.59. The van der Waals surface area contributed by atoms with E-state index >= 15 is 0 Å². The maximum absolute atomic E-state index is 5.75. The van der Waals surface area contributed by atoms with Gasteiger partial charge in [-0.25, -0.2) is 4.98 Å². The second kappa shape index (κ2) is 4.80. The molecule has 1 aliphatic carbocycles. The molecule has 2 aromatic rings. The number of nitrogens with two attached hydrogens (primary N) is 1. The summed E-state index contributed by atoms with van der Waals surface area (Å²) in [7, 11) is 0. The van der Waals surface area contributed by atoms with Crippen molar-refractivity contribution in [1.82, 2.24) is 9.97 Å². The van der Waals surface area contributed by atoms with Crippen molar-refractivity contribution in [3.63, 3.8) is 0 Å². The average molecular weight is 242 g/mol. The fraction of sp³-hybridized carbons (Fsp3) is 0.429. The molecule has 0 bridgehead atoms. The predicted molar refractivity (Wildman–Crippen MR) is 74.4 cm³/mol. The highest BCUT2D eigenvalue weighted by molar-refractivity contribution is 5.89. The Morgan fingerprint density at radius 2 is 1.94 bits per heavy atom. The van der Waals surface area contributed by atoms with Crippen LogP contribution in [0.2, 0.25) is 0 Å². The monoisotopic (exact) mass is 242 g/mol. The molecule has 4 heteroatoms. The molecular formula is C14H18N4. The average Bonchev–Trinajstić information content (AvgIpc) is 2.89. The summed E-state index contributed by atoms with van der Waals surface area (Å²) in [5.74, 6) is 1.98. The molecule has 1 aliphatic rings. The van der Waals surface area contributed by atoms with Crippen LogP contribution in [0.5, 0.6) is 0 Å². The molecule has 18 heavy (non-hydrogen) atoms. The number of rotatable bonds is 3. The molecule has 0 spiro atoms. The van der Waals surface area contributed by atoms with E-state index in [2.05, 4.69) is 15.3 Å². The third-order valence-corrected chi connectivity index (χ3v) is 3.65.